The van der Waals surface area contributed by atoms with Crippen molar-refractivity contribution < 1.29 is 0 Å². The number of nitrogens with two attached hydrogens (primary N) is 1. The van der Waals surface area contributed by atoms with Crippen molar-refractivity contribution in [1.29, 1.82) is 0 Å². The largest absolute Gasteiger partial charge is 0.366 e. The lowest BCUT2D eigenvalue weighted by atomic mass is 9.96. The Bertz CT molecular complexity index is 409. The molecule has 0 aromatic heterocycles. The molecule has 1 aliphatic heterocycles. The van der Waals surface area contributed by atoms with Crippen LogP contribution in [0.5, 0.6) is 0 Å². The Balaban J connectivity index is 2.30. The molecular formula is C15H24N2. The third-order valence-electron chi connectivity index (χ3n) is 4.10. The van der Waals surface area contributed by atoms with Gasteiger partial charge in [0.2, 0.25) is 0 Å². The predicted molar refractivity (Wildman–Crippen MR) is 74.5 cm³/mol. The highest BCUT2D eigenvalue weighted by Gasteiger charge is 2.37. The maximum absolute atomic E-state index is 5.82. The topological polar surface area (TPSA) is 29.3 Å². The Morgan fingerprint density at radius 3 is 2.53 bits per heavy atom. The normalized spacial score (nSPS) is 23.1. The highest BCUT2D eigenvalue weighted by molar-refractivity contribution is 5.53. The van der Waals surface area contributed by atoms with Gasteiger partial charge in [0.15, 0.2) is 0 Å². The summed E-state index contributed by atoms with van der Waals surface area (Å²) in [7, 11) is 0. The third kappa shape index (κ3) is 2.32. The fourth-order valence-corrected chi connectivity index (χ4v) is 2.89. The van der Waals surface area contributed by atoms with E-state index >= 15 is 0 Å². The van der Waals surface area contributed by atoms with Gasteiger partial charge in [-0.2, -0.15) is 0 Å². The molecular weight excluding hydrogens is 208 g/mol. The van der Waals surface area contributed by atoms with Crippen molar-refractivity contribution in [3.8, 4) is 0 Å². The Hall–Kier alpha value is -1.02. The second-order valence-corrected chi connectivity index (χ2v) is 6.00. The van der Waals surface area contributed by atoms with Gasteiger partial charge < -0.3 is 10.6 Å². The lowest BCUT2D eigenvalue weighted by Crippen LogP contribution is -2.38. The zero-order chi connectivity index (χ0) is 12.6. The molecule has 2 N–H and O–H groups in total. The van der Waals surface area contributed by atoms with Crippen LogP contribution in [0.25, 0.3) is 0 Å². The molecule has 0 amide bonds. The highest BCUT2D eigenvalue weighted by Crippen LogP contribution is 2.36. The maximum Gasteiger partial charge on any atom is 0.0373 e. The Morgan fingerprint density at radius 1 is 1.29 bits per heavy atom. The standard InChI is InChI=1S/C15H24N2/c1-11-5-6-14(7-12(11)2)17-10-13(9-16)8-15(17,3)4/h5-7,13H,8-10,16H2,1-4H3. The van der Waals surface area contributed by atoms with Crippen molar-refractivity contribution in [2.75, 3.05) is 18.0 Å². The minimum atomic E-state index is 0.228. The van der Waals surface area contributed by atoms with Crippen molar-refractivity contribution in [3.63, 3.8) is 0 Å². The molecule has 1 aromatic carbocycles. The molecule has 1 heterocycles. The average molecular weight is 232 g/mol. The first-order chi connectivity index (χ1) is 7.94. The van der Waals surface area contributed by atoms with Gasteiger partial charge in [-0.15, -0.1) is 0 Å². The van der Waals surface area contributed by atoms with Crippen LogP contribution >= 0.6 is 0 Å². The summed E-state index contributed by atoms with van der Waals surface area (Å²) in [5.74, 6) is 0.631. The minimum absolute atomic E-state index is 0.228. The summed E-state index contributed by atoms with van der Waals surface area (Å²) in [6.45, 7) is 10.9. The molecule has 1 unspecified atom stereocenters. The van der Waals surface area contributed by atoms with E-state index in [4.69, 9.17) is 5.73 Å². The lowest BCUT2D eigenvalue weighted by Gasteiger charge is -2.34. The predicted octanol–water partition coefficient (Wildman–Crippen LogP) is 2.87. The first-order valence-corrected chi connectivity index (χ1v) is 6.49. The van der Waals surface area contributed by atoms with Crippen LogP contribution in [-0.4, -0.2) is 18.6 Å². The van der Waals surface area contributed by atoms with Crippen LogP contribution in [0, 0.1) is 19.8 Å². The number of rotatable bonds is 2. The number of hydrogen-bond acceptors (Lipinski definition) is 2. The fourth-order valence-electron chi connectivity index (χ4n) is 2.89. The van der Waals surface area contributed by atoms with E-state index in [-0.39, 0.29) is 5.54 Å². The molecule has 1 saturated heterocycles. The molecule has 2 rings (SSSR count). The summed E-state index contributed by atoms with van der Waals surface area (Å²) in [6.07, 6.45) is 1.19. The van der Waals surface area contributed by atoms with Crippen molar-refractivity contribution in [3.05, 3.63) is 29.3 Å². The van der Waals surface area contributed by atoms with Gasteiger partial charge in [-0.3, -0.25) is 0 Å². The van der Waals surface area contributed by atoms with Crippen LogP contribution in [0.2, 0.25) is 0 Å². The lowest BCUT2D eigenvalue weighted by molar-refractivity contribution is 0.476. The maximum atomic E-state index is 5.82. The summed E-state index contributed by atoms with van der Waals surface area (Å²) in [4.78, 5) is 2.51. The Kier molecular flexibility index (Phi) is 3.17. The number of hydrogen-bond donors (Lipinski definition) is 1. The number of aryl methyl sites for hydroxylation is 2. The van der Waals surface area contributed by atoms with Gasteiger partial charge in [0.25, 0.3) is 0 Å². The molecule has 94 valence electrons. The summed E-state index contributed by atoms with van der Waals surface area (Å²) in [5.41, 5.74) is 10.1. The van der Waals surface area contributed by atoms with E-state index in [0.717, 1.165) is 13.1 Å². The van der Waals surface area contributed by atoms with Gasteiger partial charge in [0.05, 0.1) is 0 Å². The first kappa shape index (κ1) is 12.4. The highest BCUT2D eigenvalue weighted by atomic mass is 15.2. The molecule has 0 bridgehead atoms. The van der Waals surface area contributed by atoms with E-state index in [1.807, 2.05) is 0 Å². The zero-order valence-electron chi connectivity index (χ0n) is 11.5. The summed E-state index contributed by atoms with van der Waals surface area (Å²) < 4.78 is 0. The van der Waals surface area contributed by atoms with Gasteiger partial charge in [0, 0.05) is 17.8 Å². The van der Waals surface area contributed by atoms with Crippen LogP contribution in [0.3, 0.4) is 0 Å². The number of nitrogens with zero attached hydrogens (tertiary/aromatic N) is 1. The Labute approximate surface area is 105 Å². The summed E-state index contributed by atoms with van der Waals surface area (Å²) in [5, 5.41) is 0. The zero-order valence-corrected chi connectivity index (χ0v) is 11.5. The van der Waals surface area contributed by atoms with Gasteiger partial charge >= 0.3 is 0 Å². The minimum Gasteiger partial charge on any atom is -0.366 e. The quantitative estimate of drug-likeness (QED) is 0.849. The van der Waals surface area contributed by atoms with E-state index in [0.29, 0.717) is 5.92 Å². The molecule has 1 fully saturated rings. The Morgan fingerprint density at radius 2 is 2.00 bits per heavy atom. The molecule has 2 nitrogen and oxygen atoms in total. The molecule has 1 aromatic rings. The van der Waals surface area contributed by atoms with Crippen LogP contribution in [0.1, 0.15) is 31.4 Å². The molecule has 0 saturated carbocycles. The second-order valence-electron chi connectivity index (χ2n) is 6.00. The van der Waals surface area contributed by atoms with Gasteiger partial charge in [-0.25, -0.2) is 0 Å². The van der Waals surface area contributed by atoms with E-state index in [1.54, 1.807) is 0 Å². The van der Waals surface area contributed by atoms with Crippen molar-refractivity contribution in [2.45, 2.75) is 39.7 Å². The number of benzene rings is 1. The van der Waals surface area contributed by atoms with Gasteiger partial charge in [-0.1, -0.05) is 6.07 Å². The fraction of sp³-hybridized carbons (Fsp3) is 0.600. The van der Waals surface area contributed by atoms with Gasteiger partial charge in [-0.05, 0) is 69.8 Å². The second kappa shape index (κ2) is 4.34. The molecule has 1 atom stereocenters. The summed E-state index contributed by atoms with van der Waals surface area (Å²) >= 11 is 0. The molecule has 17 heavy (non-hydrogen) atoms. The molecule has 0 spiro atoms. The number of anilines is 1. The SMILES string of the molecule is Cc1ccc(N2CC(CN)CC2(C)C)cc1C. The monoisotopic (exact) mass is 232 g/mol. The van der Waals surface area contributed by atoms with Crippen LogP contribution in [0.4, 0.5) is 5.69 Å². The molecule has 2 heteroatoms. The van der Waals surface area contributed by atoms with Crippen LogP contribution < -0.4 is 10.6 Å². The van der Waals surface area contributed by atoms with Gasteiger partial charge in [0.1, 0.15) is 0 Å². The van der Waals surface area contributed by atoms with E-state index in [1.165, 1.54) is 23.2 Å². The molecule has 1 aliphatic rings. The smallest absolute Gasteiger partial charge is 0.0373 e. The first-order valence-electron chi connectivity index (χ1n) is 6.49. The molecule has 0 radical (unpaired) electrons. The van der Waals surface area contributed by atoms with E-state index in [9.17, 15) is 0 Å². The summed E-state index contributed by atoms with van der Waals surface area (Å²) in [6, 6.07) is 6.76. The van der Waals surface area contributed by atoms with Crippen LogP contribution in [-0.2, 0) is 0 Å². The molecule has 0 aliphatic carbocycles. The van der Waals surface area contributed by atoms with Crippen molar-refractivity contribution in [2.24, 2.45) is 11.7 Å². The van der Waals surface area contributed by atoms with Crippen molar-refractivity contribution >= 4 is 5.69 Å². The third-order valence-corrected chi connectivity index (χ3v) is 4.10. The average Bonchev–Trinajstić information content (AvgIpc) is 2.58. The van der Waals surface area contributed by atoms with Crippen molar-refractivity contribution in [1.82, 2.24) is 0 Å². The van der Waals surface area contributed by atoms with E-state index in [2.05, 4.69) is 50.8 Å². The van der Waals surface area contributed by atoms with E-state index < -0.39 is 0 Å². The van der Waals surface area contributed by atoms with Crippen LogP contribution in [0.15, 0.2) is 18.2 Å².